The number of rotatable bonds is 7. The maximum Gasteiger partial charge on any atom is 1.00 e. The van der Waals surface area contributed by atoms with Gasteiger partial charge >= 0.3 is 29.6 Å². The van der Waals surface area contributed by atoms with Crippen LogP contribution >= 0.6 is 23.1 Å². The Morgan fingerprint density at radius 2 is 1.94 bits per heavy atom. The van der Waals surface area contributed by atoms with E-state index in [1.165, 1.54) is 32.9 Å². The van der Waals surface area contributed by atoms with Crippen LogP contribution in [0.4, 0.5) is 5.13 Å². The molecule has 3 saturated heterocycles. The van der Waals surface area contributed by atoms with E-state index in [1.807, 2.05) is 12.3 Å². The minimum atomic E-state index is -1.36. The summed E-state index contributed by atoms with van der Waals surface area (Å²) in [5, 5.41) is 24.5. The van der Waals surface area contributed by atoms with Gasteiger partial charge in [-0.15, -0.1) is 23.1 Å². The number of carboxylic acids is 1. The first-order chi connectivity index (χ1) is 15.7. The van der Waals surface area contributed by atoms with Crippen LogP contribution < -0.4 is 39.6 Å². The Kier molecular flexibility index (Phi) is 7.20. The Morgan fingerprint density at radius 3 is 2.53 bits per heavy atom. The van der Waals surface area contributed by atoms with Crippen molar-refractivity contribution in [2.75, 3.05) is 18.0 Å². The van der Waals surface area contributed by atoms with Gasteiger partial charge in [-0.3, -0.25) is 19.3 Å². The number of β-lactam (4-membered cyclic amide) rings is 1. The van der Waals surface area contributed by atoms with Gasteiger partial charge < -0.3 is 24.8 Å². The van der Waals surface area contributed by atoms with Gasteiger partial charge in [0.05, 0.1) is 42.0 Å². The zero-order chi connectivity index (χ0) is 23.6. The quantitative estimate of drug-likeness (QED) is 0.224. The molecule has 4 atom stereocenters. The van der Waals surface area contributed by atoms with Crippen LogP contribution in [0.15, 0.2) is 16.0 Å². The molecule has 13 heteroatoms. The van der Waals surface area contributed by atoms with Crippen LogP contribution in [-0.2, 0) is 25.7 Å². The standard InChI is InChI=1S/C21H24N4O6S2.Na/c1-9-16-15(10(2)26)19(29)25(16)17(20(30)31)18(9)33-12-6-23(7-12)21-22-11(8-32-21)5-24-13(27)3-4-14(24)28;/h8-10,12,15-16,26H,3-7H2,1-2H3,(H,30,31);/q;+1/p-1/t9-,10-,15-,16-;/m1./s1. The summed E-state index contributed by atoms with van der Waals surface area (Å²) >= 11 is 2.90. The molecule has 1 N–H and O–H groups in total. The number of aliphatic hydroxyl groups excluding tert-OH is 1. The van der Waals surface area contributed by atoms with E-state index in [0.717, 1.165) is 5.13 Å². The van der Waals surface area contributed by atoms with Crippen molar-refractivity contribution in [3.05, 3.63) is 21.7 Å². The average Bonchev–Trinajstić information content (AvgIpc) is 3.36. The topological polar surface area (TPSA) is 134 Å². The number of likely N-dealkylation sites (tertiary alicyclic amines) is 1. The van der Waals surface area contributed by atoms with Crippen LogP contribution in [0, 0.1) is 11.8 Å². The molecule has 3 amide bonds. The third-order valence-electron chi connectivity index (χ3n) is 6.73. The van der Waals surface area contributed by atoms with Crippen LogP contribution in [0.25, 0.3) is 0 Å². The summed E-state index contributed by atoms with van der Waals surface area (Å²) in [6.45, 7) is 4.96. The van der Waals surface area contributed by atoms with E-state index in [0.29, 0.717) is 23.7 Å². The average molecular weight is 515 g/mol. The molecule has 0 aromatic carbocycles. The van der Waals surface area contributed by atoms with E-state index < -0.39 is 18.0 Å². The Bertz CT molecular complexity index is 1070. The number of carbonyl (C=O) groups excluding carboxylic acids is 4. The minimum absolute atomic E-state index is 0. The molecule has 0 aliphatic carbocycles. The molecule has 3 fully saturated rings. The molecule has 4 aliphatic heterocycles. The van der Waals surface area contributed by atoms with Gasteiger partial charge in [0.15, 0.2) is 5.13 Å². The molecule has 0 unspecified atom stereocenters. The number of carboxylic acid groups (broad SMARTS) is 1. The number of thioether (sulfide) groups is 1. The maximum absolute atomic E-state index is 12.4. The number of fused-ring (bicyclic) bond motifs is 1. The van der Waals surface area contributed by atoms with Crippen LogP contribution in [0.5, 0.6) is 0 Å². The van der Waals surface area contributed by atoms with Gasteiger partial charge in [0.1, 0.15) is 0 Å². The summed E-state index contributed by atoms with van der Waals surface area (Å²) < 4.78 is 0. The summed E-state index contributed by atoms with van der Waals surface area (Å²) in [6.07, 6.45) is -0.326. The summed E-state index contributed by atoms with van der Waals surface area (Å²) in [4.78, 5) is 57.7. The number of nitrogens with zero attached hydrogens (tertiary/aromatic N) is 4. The second-order valence-electron chi connectivity index (χ2n) is 8.89. The largest absolute Gasteiger partial charge is 1.00 e. The number of aliphatic hydroxyl groups is 1. The molecule has 0 radical (unpaired) electrons. The van der Waals surface area contributed by atoms with Gasteiger partial charge in [0.25, 0.3) is 0 Å². The van der Waals surface area contributed by atoms with E-state index in [4.69, 9.17) is 0 Å². The Morgan fingerprint density at radius 1 is 1.29 bits per heavy atom. The van der Waals surface area contributed by atoms with Crippen LogP contribution in [0.2, 0.25) is 0 Å². The molecule has 176 valence electrons. The van der Waals surface area contributed by atoms with Crippen molar-refractivity contribution < 1.29 is 58.9 Å². The second-order valence-corrected chi connectivity index (χ2v) is 11.1. The summed E-state index contributed by atoms with van der Waals surface area (Å²) in [5.41, 5.74) is 0.613. The zero-order valence-electron chi connectivity index (χ0n) is 19.1. The molecule has 10 nitrogen and oxygen atoms in total. The molecular weight excluding hydrogens is 491 g/mol. The predicted octanol–water partition coefficient (Wildman–Crippen LogP) is -3.46. The fourth-order valence-corrected chi connectivity index (χ4v) is 7.35. The van der Waals surface area contributed by atoms with Crippen molar-refractivity contribution in [2.45, 2.75) is 50.6 Å². The normalized spacial score (nSPS) is 27.6. The number of carbonyl (C=O) groups is 4. The smallest absolute Gasteiger partial charge is 0.543 e. The van der Waals surface area contributed by atoms with Gasteiger partial charge in [0.2, 0.25) is 17.7 Å². The van der Waals surface area contributed by atoms with E-state index in [9.17, 15) is 29.4 Å². The van der Waals surface area contributed by atoms with Gasteiger partial charge in [-0.2, -0.15) is 0 Å². The molecule has 1 aromatic heterocycles. The van der Waals surface area contributed by atoms with Gasteiger partial charge in [-0.25, -0.2) is 4.98 Å². The molecule has 0 spiro atoms. The molecule has 5 rings (SSSR count). The SMILES string of the molecule is C[C@@H](O)[C@H]1C(=O)N2C(C(=O)[O-])=C(SC3CN(c4nc(CN5C(=O)CCC5=O)cs4)C3)[C@H](C)[C@H]12.[Na+]. The molecular formula is C21H23N4NaO6S2. The fourth-order valence-electron chi connectivity index (χ4n) is 4.99. The first-order valence-electron chi connectivity index (χ1n) is 10.8. The molecule has 5 heterocycles. The number of hydrogen-bond acceptors (Lipinski definition) is 10. The minimum Gasteiger partial charge on any atom is -0.543 e. The van der Waals surface area contributed by atoms with Gasteiger partial charge in [-0.1, -0.05) is 6.92 Å². The van der Waals surface area contributed by atoms with Crippen molar-refractivity contribution in [2.24, 2.45) is 11.8 Å². The number of aromatic nitrogens is 1. The van der Waals surface area contributed by atoms with Crippen molar-refractivity contribution in [3.8, 4) is 0 Å². The third kappa shape index (κ3) is 4.11. The first-order valence-corrected chi connectivity index (χ1v) is 12.6. The number of aliphatic carboxylic acids is 1. The third-order valence-corrected chi connectivity index (χ3v) is 9.13. The number of hydrogen-bond donors (Lipinski definition) is 1. The summed E-state index contributed by atoms with van der Waals surface area (Å²) in [5.74, 6) is -2.84. The van der Waals surface area contributed by atoms with Gasteiger partial charge in [0, 0.05) is 47.4 Å². The Labute approximate surface area is 226 Å². The Hall–Kier alpha value is -1.44. The fraction of sp³-hybridized carbons (Fsp3) is 0.571. The van der Waals surface area contributed by atoms with Crippen molar-refractivity contribution in [1.29, 1.82) is 0 Å². The zero-order valence-corrected chi connectivity index (χ0v) is 22.7. The van der Waals surface area contributed by atoms with Crippen molar-refractivity contribution in [1.82, 2.24) is 14.8 Å². The van der Waals surface area contributed by atoms with E-state index in [-0.39, 0.29) is 89.6 Å². The van der Waals surface area contributed by atoms with Crippen LogP contribution in [0.1, 0.15) is 32.4 Å². The number of amides is 3. The summed E-state index contributed by atoms with van der Waals surface area (Å²) in [7, 11) is 0. The second kappa shape index (κ2) is 9.55. The number of imide groups is 1. The van der Waals surface area contributed by atoms with Crippen molar-refractivity contribution in [3.63, 3.8) is 0 Å². The van der Waals surface area contributed by atoms with Crippen molar-refractivity contribution >= 4 is 51.9 Å². The molecule has 1 aromatic rings. The van der Waals surface area contributed by atoms with E-state index >= 15 is 0 Å². The molecule has 0 saturated carbocycles. The van der Waals surface area contributed by atoms with Crippen LogP contribution in [0.3, 0.4) is 0 Å². The number of thiazole rings is 1. The van der Waals surface area contributed by atoms with Gasteiger partial charge in [-0.05, 0) is 6.92 Å². The van der Waals surface area contributed by atoms with E-state index in [1.54, 1.807) is 6.92 Å². The molecule has 0 bridgehead atoms. The monoisotopic (exact) mass is 514 g/mol. The molecule has 4 aliphatic rings. The maximum atomic E-state index is 12.4. The molecule has 34 heavy (non-hydrogen) atoms. The Balaban J connectivity index is 0.00000274. The predicted molar refractivity (Wildman–Crippen MR) is 117 cm³/mol. The van der Waals surface area contributed by atoms with E-state index in [2.05, 4.69) is 9.88 Å². The number of anilines is 1. The summed E-state index contributed by atoms with van der Waals surface area (Å²) in [6, 6.07) is -0.346. The van der Waals surface area contributed by atoms with Crippen LogP contribution in [-0.4, -0.2) is 74.1 Å². The first kappa shape index (κ1) is 25.6.